The average molecular weight is 356 g/mol. The molecule has 0 aliphatic carbocycles. The highest BCUT2D eigenvalue weighted by atomic mass is 32.2. The molecule has 0 heterocycles. The molecule has 0 aliphatic heterocycles. The van der Waals surface area contributed by atoms with E-state index in [-0.39, 0.29) is 6.61 Å². The first-order valence-corrected chi connectivity index (χ1v) is 10.7. The van der Waals surface area contributed by atoms with Crippen LogP contribution >= 0.6 is 0 Å². The third kappa shape index (κ3) is 8.81. The highest BCUT2D eigenvalue weighted by Crippen LogP contribution is 2.18. The molecule has 0 amide bonds. The Morgan fingerprint density at radius 1 is 0.875 bits per heavy atom. The Bertz CT molecular complexity index is 517. The zero-order valence-corrected chi connectivity index (χ0v) is 15.8. The summed E-state index contributed by atoms with van der Waals surface area (Å²) in [7, 11) is -3.75. The molecule has 138 valence electrons. The van der Waals surface area contributed by atoms with Crippen molar-refractivity contribution in [1.29, 1.82) is 0 Å². The number of hydrogen-bond donors (Lipinski definition) is 1. The van der Waals surface area contributed by atoms with Crippen LogP contribution in [0.15, 0.2) is 30.3 Å². The summed E-state index contributed by atoms with van der Waals surface area (Å²) < 4.78 is 29.2. The van der Waals surface area contributed by atoms with Crippen LogP contribution in [0, 0.1) is 0 Å². The minimum absolute atomic E-state index is 0.222. The molecule has 0 aromatic heterocycles. The standard InChI is InChI=1S/C19H33NO3S/c1-2-3-4-5-6-7-8-9-10-14-17-23-24(21,22)19(20)18-15-12-11-13-16-18/h11-13,15-16,19H,2-10,14,17,20H2,1H3. The lowest BCUT2D eigenvalue weighted by Crippen LogP contribution is -2.24. The van der Waals surface area contributed by atoms with Gasteiger partial charge in [0.1, 0.15) is 0 Å². The van der Waals surface area contributed by atoms with Gasteiger partial charge in [-0.25, -0.2) is 0 Å². The number of unbranched alkanes of at least 4 members (excludes halogenated alkanes) is 9. The Kier molecular flexibility index (Phi) is 11.0. The van der Waals surface area contributed by atoms with E-state index in [2.05, 4.69) is 6.92 Å². The first-order chi connectivity index (χ1) is 11.6. The van der Waals surface area contributed by atoms with Crippen molar-refractivity contribution in [2.45, 2.75) is 76.5 Å². The smallest absolute Gasteiger partial charge is 0.287 e. The highest BCUT2D eigenvalue weighted by Gasteiger charge is 2.23. The molecule has 0 spiro atoms. The minimum atomic E-state index is -3.75. The van der Waals surface area contributed by atoms with Gasteiger partial charge in [0.25, 0.3) is 10.1 Å². The molecule has 4 nitrogen and oxygen atoms in total. The SMILES string of the molecule is CCCCCCCCCCCCOS(=O)(=O)C(N)c1ccccc1. The topological polar surface area (TPSA) is 69.4 Å². The maximum absolute atomic E-state index is 12.0. The van der Waals surface area contributed by atoms with E-state index >= 15 is 0 Å². The van der Waals surface area contributed by atoms with E-state index in [9.17, 15) is 8.42 Å². The third-order valence-corrected chi connectivity index (χ3v) is 5.57. The van der Waals surface area contributed by atoms with E-state index in [1.54, 1.807) is 24.3 Å². The monoisotopic (exact) mass is 355 g/mol. The van der Waals surface area contributed by atoms with Gasteiger partial charge in [-0.3, -0.25) is 4.18 Å². The molecular weight excluding hydrogens is 322 g/mol. The van der Waals surface area contributed by atoms with Crippen molar-refractivity contribution in [2.24, 2.45) is 5.73 Å². The van der Waals surface area contributed by atoms with Gasteiger partial charge >= 0.3 is 0 Å². The van der Waals surface area contributed by atoms with Gasteiger partial charge < -0.3 is 5.73 Å². The maximum atomic E-state index is 12.0. The summed E-state index contributed by atoms with van der Waals surface area (Å²) in [6, 6.07) is 8.77. The summed E-state index contributed by atoms with van der Waals surface area (Å²) in [4.78, 5) is 0. The molecule has 0 aliphatic rings. The number of hydrogen-bond acceptors (Lipinski definition) is 4. The molecule has 5 heteroatoms. The molecule has 0 bridgehead atoms. The van der Waals surface area contributed by atoms with Gasteiger partial charge in [-0.1, -0.05) is 95.0 Å². The van der Waals surface area contributed by atoms with Crippen molar-refractivity contribution < 1.29 is 12.6 Å². The van der Waals surface area contributed by atoms with Crippen molar-refractivity contribution in [1.82, 2.24) is 0 Å². The molecule has 1 aromatic rings. The zero-order chi connectivity index (χ0) is 17.7. The van der Waals surface area contributed by atoms with Crippen LogP contribution in [0.25, 0.3) is 0 Å². The molecule has 1 aromatic carbocycles. The molecule has 2 N–H and O–H groups in total. The molecule has 0 radical (unpaired) electrons. The van der Waals surface area contributed by atoms with Crippen molar-refractivity contribution in [3.05, 3.63) is 35.9 Å². The second-order valence-electron chi connectivity index (χ2n) is 6.33. The molecule has 24 heavy (non-hydrogen) atoms. The van der Waals surface area contributed by atoms with Crippen LogP contribution in [-0.4, -0.2) is 15.0 Å². The molecular formula is C19H33NO3S. The minimum Gasteiger partial charge on any atom is -0.309 e. The van der Waals surface area contributed by atoms with Crippen LogP contribution < -0.4 is 5.73 Å². The third-order valence-electron chi connectivity index (χ3n) is 4.18. The average Bonchev–Trinajstić information content (AvgIpc) is 2.59. The number of nitrogens with two attached hydrogens (primary N) is 1. The molecule has 1 atom stereocenters. The Morgan fingerprint density at radius 2 is 1.38 bits per heavy atom. The quantitative estimate of drug-likeness (QED) is 0.380. The first-order valence-electron chi connectivity index (χ1n) is 9.26. The lowest BCUT2D eigenvalue weighted by molar-refractivity contribution is 0.301. The van der Waals surface area contributed by atoms with Gasteiger partial charge in [0.15, 0.2) is 5.37 Å². The fourth-order valence-corrected chi connectivity index (χ4v) is 3.63. The van der Waals surface area contributed by atoms with Crippen molar-refractivity contribution in [3.63, 3.8) is 0 Å². The summed E-state index contributed by atoms with van der Waals surface area (Å²) in [6.07, 6.45) is 12.1. The zero-order valence-electron chi connectivity index (χ0n) is 15.0. The van der Waals surface area contributed by atoms with Crippen LogP contribution in [0.4, 0.5) is 0 Å². The highest BCUT2D eigenvalue weighted by molar-refractivity contribution is 7.86. The predicted octanol–water partition coefficient (Wildman–Crippen LogP) is 4.91. The Balaban J connectivity index is 2.08. The predicted molar refractivity (Wildman–Crippen MR) is 100 cm³/mol. The van der Waals surface area contributed by atoms with E-state index in [4.69, 9.17) is 9.92 Å². The van der Waals surface area contributed by atoms with E-state index in [1.807, 2.05) is 6.07 Å². The van der Waals surface area contributed by atoms with Gasteiger partial charge in [0, 0.05) is 0 Å². The second-order valence-corrected chi connectivity index (χ2v) is 8.06. The lowest BCUT2D eigenvalue weighted by atomic mass is 10.1. The first kappa shape index (κ1) is 21.1. The van der Waals surface area contributed by atoms with Crippen LogP contribution in [-0.2, 0) is 14.3 Å². The summed E-state index contributed by atoms with van der Waals surface area (Å²) >= 11 is 0. The van der Waals surface area contributed by atoms with Gasteiger partial charge in [-0.05, 0) is 12.0 Å². The van der Waals surface area contributed by atoms with E-state index in [1.165, 1.54) is 44.9 Å². The Morgan fingerprint density at radius 3 is 1.92 bits per heavy atom. The summed E-state index contributed by atoms with van der Waals surface area (Å²) in [6.45, 7) is 2.45. The van der Waals surface area contributed by atoms with E-state index in [0.29, 0.717) is 5.56 Å². The number of rotatable bonds is 14. The lowest BCUT2D eigenvalue weighted by Gasteiger charge is -2.13. The van der Waals surface area contributed by atoms with Crippen LogP contribution in [0.2, 0.25) is 0 Å². The fraction of sp³-hybridized carbons (Fsp3) is 0.684. The van der Waals surface area contributed by atoms with E-state index in [0.717, 1.165) is 19.3 Å². The molecule has 0 saturated heterocycles. The second kappa shape index (κ2) is 12.5. The fourth-order valence-electron chi connectivity index (χ4n) is 2.65. The summed E-state index contributed by atoms with van der Waals surface area (Å²) in [5.41, 5.74) is 6.35. The molecule has 0 fully saturated rings. The number of benzene rings is 1. The summed E-state index contributed by atoms with van der Waals surface area (Å²) in [5.74, 6) is 0. The van der Waals surface area contributed by atoms with Crippen molar-refractivity contribution in [2.75, 3.05) is 6.61 Å². The van der Waals surface area contributed by atoms with E-state index < -0.39 is 15.5 Å². The van der Waals surface area contributed by atoms with Gasteiger partial charge in [0.05, 0.1) is 6.61 Å². The molecule has 0 saturated carbocycles. The van der Waals surface area contributed by atoms with Gasteiger partial charge in [0.2, 0.25) is 0 Å². The summed E-state index contributed by atoms with van der Waals surface area (Å²) in [5, 5.41) is -1.11. The van der Waals surface area contributed by atoms with Crippen molar-refractivity contribution in [3.8, 4) is 0 Å². The molecule has 1 rings (SSSR count). The van der Waals surface area contributed by atoms with Gasteiger partial charge in [-0.2, -0.15) is 8.42 Å². The normalized spacial score (nSPS) is 13.1. The maximum Gasteiger partial charge on any atom is 0.287 e. The van der Waals surface area contributed by atoms with Crippen LogP contribution in [0.5, 0.6) is 0 Å². The van der Waals surface area contributed by atoms with Gasteiger partial charge in [-0.15, -0.1) is 0 Å². The Hall–Kier alpha value is -0.910. The van der Waals surface area contributed by atoms with Crippen LogP contribution in [0.3, 0.4) is 0 Å². The Labute approximate surface area is 147 Å². The largest absolute Gasteiger partial charge is 0.309 e. The van der Waals surface area contributed by atoms with Crippen LogP contribution in [0.1, 0.15) is 82.1 Å². The molecule has 1 unspecified atom stereocenters. The van der Waals surface area contributed by atoms with Crippen molar-refractivity contribution >= 4 is 10.1 Å².